The number of hydrogen-bond donors (Lipinski definition) is 1. The number of nitrogens with one attached hydrogen (secondary N) is 1. The Morgan fingerprint density at radius 3 is 2.40 bits per heavy atom. The van der Waals surface area contributed by atoms with Gasteiger partial charge >= 0.3 is 6.61 Å². The maximum Gasteiger partial charge on any atom is 0.387 e. The Bertz CT molecular complexity index is 822. The van der Waals surface area contributed by atoms with Crippen LogP contribution in [0.1, 0.15) is 11.1 Å². The summed E-state index contributed by atoms with van der Waals surface area (Å²) in [6.45, 7) is 3.33. The number of carbonyl (C=O) groups excluding carboxylic acids is 1. The van der Waals surface area contributed by atoms with Gasteiger partial charge in [-0.25, -0.2) is 0 Å². The molecule has 1 fully saturated rings. The highest BCUT2D eigenvalue weighted by molar-refractivity contribution is 5.92. The van der Waals surface area contributed by atoms with E-state index in [-0.39, 0.29) is 11.7 Å². The van der Waals surface area contributed by atoms with Crippen molar-refractivity contribution in [1.82, 2.24) is 15.1 Å². The summed E-state index contributed by atoms with van der Waals surface area (Å²) in [5, 5.41) is 2.84. The van der Waals surface area contributed by atoms with E-state index in [2.05, 4.69) is 44.1 Å². The van der Waals surface area contributed by atoms with Gasteiger partial charge < -0.3 is 10.1 Å². The summed E-state index contributed by atoms with van der Waals surface area (Å²) in [5.41, 5.74) is 1.76. The summed E-state index contributed by atoms with van der Waals surface area (Å²) in [6.07, 6.45) is 2.82. The predicted molar refractivity (Wildman–Crippen MR) is 113 cm³/mol. The van der Waals surface area contributed by atoms with E-state index in [9.17, 15) is 13.6 Å². The average molecular weight is 415 g/mol. The van der Waals surface area contributed by atoms with E-state index < -0.39 is 6.61 Å². The molecule has 1 saturated heterocycles. The van der Waals surface area contributed by atoms with Crippen LogP contribution in [-0.2, 0) is 11.3 Å². The van der Waals surface area contributed by atoms with Crippen molar-refractivity contribution < 1.29 is 18.3 Å². The van der Waals surface area contributed by atoms with Crippen molar-refractivity contribution in [2.45, 2.75) is 13.2 Å². The van der Waals surface area contributed by atoms with Gasteiger partial charge in [-0.15, -0.1) is 0 Å². The minimum Gasteiger partial charge on any atom is -0.434 e. The van der Waals surface area contributed by atoms with Crippen molar-refractivity contribution in [2.24, 2.45) is 0 Å². The number of ether oxygens (including phenoxy) is 1. The maximum atomic E-state index is 12.4. The monoisotopic (exact) mass is 415 g/mol. The molecule has 3 rings (SSSR count). The van der Waals surface area contributed by atoms with Crippen LogP contribution in [0, 0.1) is 0 Å². The maximum absolute atomic E-state index is 12.4. The van der Waals surface area contributed by atoms with Gasteiger partial charge in [0.05, 0.1) is 0 Å². The molecule has 0 saturated carbocycles. The molecule has 1 aliphatic rings. The second-order valence-corrected chi connectivity index (χ2v) is 7.14. The largest absolute Gasteiger partial charge is 0.434 e. The molecule has 2 aromatic rings. The summed E-state index contributed by atoms with van der Waals surface area (Å²) >= 11 is 0. The van der Waals surface area contributed by atoms with E-state index in [0.29, 0.717) is 12.1 Å². The van der Waals surface area contributed by atoms with Gasteiger partial charge in [0.1, 0.15) is 5.75 Å². The standard InChI is InChI=1S/C23H27F2N3O2/c24-23(25)30-21-9-5-4-8-20(21)10-11-22(29)26-12-13-27-14-16-28(17-15-27)18-19-6-2-1-3-7-19/h1-11,23H,12-18H2,(H,26,29)/b11-10+. The summed E-state index contributed by atoms with van der Waals surface area (Å²) in [4.78, 5) is 16.8. The minimum absolute atomic E-state index is 0.0462. The van der Waals surface area contributed by atoms with Crippen LogP contribution >= 0.6 is 0 Å². The van der Waals surface area contributed by atoms with Crippen LogP contribution in [-0.4, -0.2) is 61.6 Å². The van der Waals surface area contributed by atoms with Crippen LogP contribution in [0.4, 0.5) is 8.78 Å². The fourth-order valence-electron chi connectivity index (χ4n) is 3.40. The molecular weight excluding hydrogens is 388 g/mol. The minimum atomic E-state index is -2.90. The number of amides is 1. The van der Waals surface area contributed by atoms with Crippen molar-refractivity contribution in [3.8, 4) is 5.75 Å². The molecule has 0 aromatic heterocycles. The highest BCUT2D eigenvalue weighted by atomic mass is 19.3. The zero-order valence-electron chi connectivity index (χ0n) is 16.8. The van der Waals surface area contributed by atoms with Gasteiger partial charge in [0, 0.05) is 57.5 Å². The second kappa shape index (κ2) is 11.4. The molecule has 2 aromatic carbocycles. The van der Waals surface area contributed by atoms with E-state index >= 15 is 0 Å². The van der Waals surface area contributed by atoms with E-state index in [0.717, 1.165) is 39.3 Å². The van der Waals surface area contributed by atoms with Gasteiger partial charge in [0.25, 0.3) is 0 Å². The summed E-state index contributed by atoms with van der Waals surface area (Å²) in [7, 11) is 0. The molecule has 1 amide bonds. The zero-order valence-corrected chi connectivity index (χ0v) is 16.8. The normalized spacial score (nSPS) is 15.6. The SMILES string of the molecule is O=C(/C=C/c1ccccc1OC(F)F)NCCN1CCN(Cc2ccccc2)CC1. The topological polar surface area (TPSA) is 44.8 Å². The number of para-hydroxylation sites is 1. The molecule has 5 nitrogen and oxygen atoms in total. The molecule has 0 radical (unpaired) electrons. The van der Waals surface area contributed by atoms with E-state index in [1.807, 2.05) is 6.07 Å². The molecule has 7 heteroatoms. The lowest BCUT2D eigenvalue weighted by Gasteiger charge is -2.34. The number of carbonyl (C=O) groups is 1. The van der Waals surface area contributed by atoms with Gasteiger partial charge in [-0.2, -0.15) is 8.78 Å². The third-order valence-electron chi connectivity index (χ3n) is 4.99. The molecular formula is C23H27F2N3O2. The highest BCUT2D eigenvalue weighted by Gasteiger charge is 2.16. The van der Waals surface area contributed by atoms with E-state index in [4.69, 9.17) is 0 Å². The molecule has 1 heterocycles. The van der Waals surface area contributed by atoms with Crippen LogP contribution in [0.5, 0.6) is 5.75 Å². The zero-order chi connectivity index (χ0) is 21.2. The first-order chi connectivity index (χ1) is 14.6. The highest BCUT2D eigenvalue weighted by Crippen LogP contribution is 2.21. The number of halogens is 2. The molecule has 30 heavy (non-hydrogen) atoms. The Hall–Kier alpha value is -2.77. The number of nitrogens with zero attached hydrogens (tertiary/aromatic N) is 2. The lowest BCUT2D eigenvalue weighted by molar-refractivity contribution is -0.116. The summed E-state index contributed by atoms with van der Waals surface area (Å²) in [6, 6.07) is 16.8. The van der Waals surface area contributed by atoms with Crippen molar-refractivity contribution in [1.29, 1.82) is 0 Å². The van der Waals surface area contributed by atoms with Crippen molar-refractivity contribution in [3.05, 3.63) is 71.8 Å². The van der Waals surface area contributed by atoms with Crippen LogP contribution in [0.2, 0.25) is 0 Å². The molecule has 1 N–H and O–H groups in total. The number of piperazine rings is 1. The predicted octanol–water partition coefficient (Wildman–Crippen LogP) is 3.24. The number of hydrogen-bond acceptors (Lipinski definition) is 4. The first kappa shape index (κ1) is 21.9. The van der Waals surface area contributed by atoms with Crippen LogP contribution < -0.4 is 10.1 Å². The number of benzene rings is 2. The summed E-state index contributed by atoms with van der Waals surface area (Å²) < 4.78 is 29.3. The lowest BCUT2D eigenvalue weighted by atomic mass is 10.2. The molecule has 0 unspecified atom stereocenters. The second-order valence-electron chi connectivity index (χ2n) is 7.14. The number of rotatable bonds is 9. The molecule has 0 bridgehead atoms. The smallest absolute Gasteiger partial charge is 0.387 e. The van der Waals surface area contributed by atoms with Crippen LogP contribution in [0.25, 0.3) is 6.08 Å². The Morgan fingerprint density at radius 2 is 1.67 bits per heavy atom. The molecule has 1 aliphatic heterocycles. The Labute approximate surface area is 175 Å². The van der Waals surface area contributed by atoms with E-state index in [1.54, 1.807) is 18.2 Å². The molecule has 0 aliphatic carbocycles. The van der Waals surface area contributed by atoms with Crippen molar-refractivity contribution in [3.63, 3.8) is 0 Å². The molecule has 0 spiro atoms. The summed E-state index contributed by atoms with van der Waals surface area (Å²) in [5.74, 6) is -0.213. The van der Waals surface area contributed by atoms with Crippen LogP contribution in [0.15, 0.2) is 60.7 Å². The quantitative estimate of drug-likeness (QED) is 0.639. The first-order valence-corrected chi connectivity index (χ1v) is 10.1. The van der Waals surface area contributed by atoms with Gasteiger partial charge in [-0.05, 0) is 17.7 Å². The molecule has 0 atom stereocenters. The Balaban J connectivity index is 1.36. The van der Waals surface area contributed by atoms with E-state index in [1.165, 1.54) is 23.8 Å². The third kappa shape index (κ3) is 7.24. The van der Waals surface area contributed by atoms with Gasteiger partial charge in [-0.1, -0.05) is 48.5 Å². The average Bonchev–Trinajstić information content (AvgIpc) is 2.75. The Morgan fingerprint density at radius 1 is 1.00 bits per heavy atom. The van der Waals surface area contributed by atoms with Crippen molar-refractivity contribution >= 4 is 12.0 Å². The fourth-order valence-corrected chi connectivity index (χ4v) is 3.40. The van der Waals surface area contributed by atoms with Gasteiger partial charge in [-0.3, -0.25) is 14.6 Å². The molecule has 160 valence electrons. The van der Waals surface area contributed by atoms with Crippen molar-refractivity contribution in [2.75, 3.05) is 39.3 Å². The fraction of sp³-hybridized carbons (Fsp3) is 0.348. The van der Waals surface area contributed by atoms with Crippen LogP contribution in [0.3, 0.4) is 0 Å². The third-order valence-corrected chi connectivity index (χ3v) is 4.99. The first-order valence-electron chi connectivity index (χ1n) is 10.1. The lowest BCUT2D eigenvalue weighted by Crippen LogP contribution is -2.47. The van der Waals surface area contributed by atoms with Gasteiger partial charge in [0.15, 0.2) is 0 Å². The number of alkyl halides is 2. The Kier molecular flexibility index (Phi) is 8.35. The van der Waals surface area contributed by atoms with Gasteiger partial charge in [0.2, 0.25) is 5.91 Å².